The van der Waals surface area contributed by atoms with Crippen molar-refractivity contribution < 1.29 is 0 Å². The van der Waals surface area contributed by atoms with Crippen molar-refractivity contribution >= 4 is 15.9 Å². The van der Waals surface area contributed by atoms with E-state index in [1.807, 2.05) is 19.2 Å². The third-order valence-corrected chi connectivity index (χ3v) is 4.15. The molecule has 90 valence electrons. The van der Waals surface area contributed by atoms with Crippen molar-refractivity contribution in [2.75, 3.05) is 7.05 Å². The number of hydrogen-bond acceptors (Lipinski definition) is 3. The van der Waals surface area contributed by atoms with Crippen molar-refractivity contribution in [1.82, 2.24) is 10.3 Å². The summed E-state index contributed by atoms with van der Waals surface area (Å²) in [4.78, 5) is 4.41. The molecule has 0 aliphatic heterocycles. The number of nitrogens with zero attached hydrogens (tertiary/aromatic N) is 2. The lowest BCUT2D eigenvalue weighted by Crippen LogP contribution is -2.38. The molecule has 0 atom stereocenters. The second-order valence-electron chi connectivity index (χ2n) is 4.62. The van der Waals surface area contributed by atoms with Gasteiger partial charge in [-0.1, -0.05) is 0 Å². The van der Waals surface area contributed by atoms with Crippen LogP contribution in [0.4, 0.5) is 0 Å². The van der Waals surface area contributed by atoms with E-state index in [4.69, 9.17) is 0 Å². The number of nitrogens with one attached hydrogen (secondary N) is 1. The van der Waals surface area contributed by atoms with Gasteiger partial charge in [0.1, 0.15) is 0 Å². The van der Waals surface area contributed by atoms with Gasteiger partial charge in [-0.25, -0.2) is 0 Å². The smallest absolute Gasteiger partial charge is 0.0994 e. The van der Waals surface area contributed by atoms with Gasteiger partial charge in [0.05, 0.1) is 17.2 Å². The summed E-state index contributed by atoms with van der Waals surface area (Å²) in [5, 5.41) is 12.8. The van der Waals surface area contributed by atoms with E-state index in [2.05, 4.69) is 32.3 Å². The third kappa shape index (κ3) is 2.51. The second-order valence-corrected chi connectivity index (χ2v) is 5.53. The summed E-state index contributed by atoms with van der Waals surface area (Å²) < 4.78 is 0.957. The van der Waals surface area contributed by atoms with Crippen LogP contribution in [0, 0.1) is 11.3 Å². The van der Waals surface area contributed by atoms with Gasteiger partial charge < -0.3 is 5.32 Å². The molecule has 0 unspecified atom stereocenters. The molecule has 3 nitrogen and oxygen atoms in total. The van der Waals surface area contributed by atoms with Gasteiger partial charge in [0.2, 0.25) is 0 Å². The molecule has 1 aromatic heterocycles. The number of aromatic nitrogens is 1. The van der Waals surface area contributed by atoms with E-state index < -0.39 is 0 Å². The number of rotatable bonds is 2. The molecule has 1 heterocycles. The molecule has 0 bridgehead atoms. The van der Waals surface area contributed by atoms with Crippen LogP contribution in [0.2, 0.25) is 0 Å². The van der Waals surface area contributed by atoms with Crippen LogP contribution >= 0.6 is 15.9 Å². The minimum atomic E-state index is -0.381. The Morgan fingerprint density at radius 1 is 1.47 bits per heavy atom. The molecule has 0 saturated heterocycles. The van der Waals surface area contributed by atoms with E-state index in [0.717, 1.165) is 35.8 Å². The van der Waals surface area contributed by atoms with Crippen LogP contribution < -0.4 is 5.32 Å². The highest BCUT2D eigenvalue weighted by Crippen LogP contribution is 2.38. The lowest BCUT2D eigenvalue weighted by molar-refractivity contribution is 0.301. The van der Waals surface area contributed by atoms with Gasteiger partial charge in [0.15, 0.2) is 0 Å². The van der Waals surface area contributed by atoms with Gasteiger partial charge in [-0.2, -0.15) is 5.26 Å². The maximum absolute atomic E-state index is 9.50. The SMILES string of the molecule is CN[C@H]1CC[C@](C#N)(c2ccc(Br)cn2)CC1. The molecule has 2 rings (SSSR count). The van der Waals surface area contributed by atoms with Crippen LogP contribution in [-0.4, -0.2) is 18.1 Å². The van der Waals surface area contributed by atoms with E-state index >= 15 is 0 Å². The summed E-state index contributed by atoms with van der Waals surface area (Å²) in [6, 6.07) is 6.97. The van der Waals surface area contributed by atoms with E-state index in [1.165, 1.54) is 0 Å². The molecule has 0 aromatic carbocycles. The molecule has 1 aromatic rings. The zero-order valence-electron chi connectivity index (χ0n) is 9.91. The zero-order chi connectivity index (χ0) is 12.3. The Bertz CT molecular complexity index is 413. The minimum absolute atomic E-state index is 0.381. The van der Waals surface area contributed by atoms with Crippen molar-refractivity contribution in [1.29, 1.82) is 5.26 Å². The van der Waals surface area contributed by atoms with E-state index in [-0.39, 0.29) is 5.41 Å². The molecular weight excluding hydrogens is 278 g/mol. The number of halogens is 1. The average Bonchev–Trinajstić information content (AvgIpc) is 2.40. The Morgan fingerprint density at radius 3 is 2.65 bits per heavy atom. The zero-order valence-corrected chi connectivity index (χ0v) is 11.5. The molecule has 17 heavy (non-hydrogen) atoms. The standard InChI is InChI=1S/C13H16BrN3/c1-16-11-4-6-13(9-15,7-5-11)12-3-2-10(14)8-17-12/h2-3,8,11,16H,4-7H2,1H3/t11-,13-. The molecule has 1 fully saturated rings. The van der Waals surface area contributed by atoms with Crippen molar-refractivity contribution in [3.05, 3.63) is 28.5 Å². The summed E-state index contributed by atoms with van der Waals surface area (Å²) in [5.74, 6) is 0. The fraction of sp³-hybridized carbons (Fsp3) is 0.538. The molecule has 1 aliphatic carbocycles. The van der Waals surface area contributed by atoms with Gasteiger partial charge in [-0.15, -0.1) is 0 Å². The molecule has 0 spiro atoms. The molecule has 0 radical (unpaired) electrons. The van der Waals surface area contributed by atoms with E-state index in [1.54, 1.807) is 6.20 Å². The average molecular weight is 294 g/mol. The Morgan fingerprint density at radius 2 is 2.18 bits per heavy atom. The highest BCUT2D eigenvalue weighted by Gasteiger charge is 2.37. The molecule has 1 N–H and O–H groups in total. The Balaban J connectivity index is 2.22. The second kappa shape index (κ2) is 5.16. The maximum Gasteiger partial charge on any atom is 0.0994 e. The Kier molecular flexibility index (Phi) is 3.80. The molecule has 1 aliphatic rings. The summed E-state index contributed by atoms with van der Waals surface area (Å²) in [5.41, 5.74) is 0.534. The molecule has 0 amide bonds. The van der Waals surface area contributed by atoms with Crippen molar-refractivity contribution in [3.8, 4) is 6.07 Å². The fourth-order valence-electron chi connectivity index (χ4n) is 2.48. The number of hydrogen-bond donors (Lipinski definition) is 1. The lowest BCUT2D eigenvalue weighted by atomic mass is 9.71. The van der Waals surface area contributed by atoms with Gasteiger partial charge in [0, 0.05) is 16.7 Å². The number of pyridine rings is 1. The molecule has 4 heteroatoms. The summed E-state index contributed by atoms with van der Waals surface area (Å²) in [6.45, 7) is 0. The predicted octanol–water partition coefficient (Wildman–Crippen LogP) is 2.77. The normalized spacial score (nSPS) is 28.6. The van der Waals surface area contributed by atoms with E-state index in [9.17, 15) is 5.26 Å². The number of nitriles is 1. The Hall–Kier alpha value is -0.920. The first kappa shape index (κ1) is 12.5. The highest BCUT2D eigenvalue weighted by atomic mass is 79.9. The monoisotopic (exact) mass is 293 g/mol. The maximum atomic E-state index is 9.50. The van der Waals surface area contributed by atoms with E-state index in [0.29, 0.717) is 6.04 Å². The largest absolute Gasteiger partial charge is 0.317 e. The Labute approximate surface area is 110 Å². The topological polar surface area (TPSA) is 48.7 Å². The molecular formula is C13H16BrN3. The quantitative estimate of drug-likeness (QED) is 0.912. The van der Waals surface area contributed by atoms with Crippen LogP contribution in [0.1, 0.15) is 31.4 Å². The molecule has 1 saturated carbocycles. The first-order valence-electron chi connectivity index (χ1n) is 5.91. The van der Waals surface area contributed by atoms with Crippen LogP contribution in [0.3, 0.4) is 0 Å². The third-order valence-electron chi connectivity index (χ3n) is 3.68. The van der Waals surface area contributed by atoms with Crippen LogP contribution in [0.5, 0.6) is 0 Å². The van der Waals surface area contributed by atoms with Crippen LogP contribution in [0.15, 0.2) is 22.8 Å². The van der Waals surface area contributed by atoms with Crippen molar-refractivity contribution in [2.24, 2.45) is 0 Å². The highest BCUT2D eigenvalue weighted by molar-refractivity contribution is 9.10. The first-order chi connectivity index (χ1) is 8.20. The summed E-state index contributed by atoms with van der Waals surface area (Å²) in [6.07, 6.45) is 5.65. The lowest BCUT2D eigenvalue weighted by Gasteiger charge is -2.34. The summed E-state index contributed by atoms with van der Waals surface area (Å²) in [7, 11) is 1.99. The van der Waals surface area contributed by atoms with Crippen molar-refractivity contribution in [3.63, 3.8) is 0 Å². The minimum Gasteiger partial charge on any atom is -0.317 e. The van der Waals surface area contributed by atoms with Gasteiger partial charge in [-0.3, -0.25) is 4.98 Å². The van der Waals surface area contributed by atoms with Crippen LogP contribution in [-0.2, 0) is 5.41 Å². The van der Waals surface area contributed by atoms with Gasteiger partial charge in [0.25, 0.3) is 0 Å². The predicted molar refractivity (Wildman–Crippen MR) is 70.5 cm³/mol. The van der Waals surface area contributed by atoms with Gasteiger partial charge >= 0.3 is 0 Å². The van der Waals surface area contributed by atoms with Crippen LogP contribution in [0.25, 0.3) is 0 Å². The summed E-state index contributed by atoms with van der Waals surface area (Å²) >= 11 is 3.37. The van der Waals surface area contributed by atoms with Crippen molar-refractivity contribution in [2.45, 2.75) is 37.1 Å². The van der Waals surface area contributed by atoms with Gasteiger partial charge in [-0.05, 0) is 60.8 Å². The first-order valence-corrected chi connectivity index (χ1v) is 6.70. The fourth-order valence-corrected chi connectivity index (χ4v) is 2.72.